The van der Waals surface area contributed by atoms with Gasteiger partial charge in [-0.3, -0.25) is 14.9 Å². The smallest absolute Gasteiger partial charge is 0.282 e. The monoisotopic (exact) mass is 290 g/mol. The van der Waals surface area contributed by atoms with Gasteiger partial charge in [0.2, 0.25) is 0 Å². The van der Waals surface area contributed by atoms with Crippen molar-refractivity contribution in [3.05, 3.63) is 39.4 Å². The lowest BCUT2D eigenvalue weighted by Gasteiger charge is -2.18. The van der Waals surface area contributed by atoms with Crippen LogP contribution in [-0.4, -0.2) is 40.0 Å². The Hall–Kier alpha value is -1.95. The summed E-state index contributed by atoms with van der Waals surface area (Å²) in [7, 11) is 0. The summed E-state index contributed by atoms with van der Waals surface area (Å²) < 4.78 is 0. The van der Waals surface area contributed by atoms with Gasteiger partial charge in [-0.15, -0.1) is 0 Å². The number of hydrogen-bond donors (Lipinski definition) is 1. The van der Waals surface area contributed by atoms with E-state index in [0.29, 0.717) is 19.0 Å². The van der Waals surface area contributed by atoms with E-state index in [2.05, 4.69) is 0 Å². The Balaban J connectivity index is 1.86. The topological polar surface area (TPSA) is 83.7 Å². The molecule has 1 N–H and O–H groups in total. The van der Waals surface area contributed by atoms with Gasteiger partial charge in [0.05, 0.1) is 11.0 Å². The maximum atomic E-state index is 12.6. The first-order valence-electron chi connectivity index (χ1n) is 7.19. The van der Waals surface area contributed by atoms with Crippen LogP contribution in [0.3, 0.4) is 0 Å². The molecule has 1 aromatic rings. The van der Waals surface area contributed by atoms with Crippen LogP contribution >= 0.6 is 0 Å². The molecule has 1 saturated heterocycles. The first-order chi connectivity index (χ1) is 9.97. The lowest BCUT2D eigenvalue weighted by molar-refractivity contribution is -0.385. The zero-order valence-corrected chi connectivity index (χ0v) is 11.9. The summed E-state index contributed by atoms with van der Waals surface area (Å²) in [5.74, 6) is 0.151. The van der Waals surface area contributed by atoms with E-state index in [4.69, 9.17) is 0 Å². The number of hydrogen-bond acceptors (Lipinski definition) is 4. The van der Waals surface area contributed by atoms with Gasteiger partial charge in [0.25, 0.3) is 11.6 Å². The van der Waals surface area contributed by atoms with Crippen LogP contribution in [0.2, 0.25) is 0 Å². The fourth-order valence-corrected chi connectivity index (χ4v) is 3.55. The number of benzene rings is 1. The van der Waals surface area contributed by atoms with Crippen LogP contribution in [0.4, 0.5) is 5.69 Å². The number of nitro groups is 1. The van der Waals surface area contributed by atoms with E-state index in [-0.39, 0.29) is 29.2 Å². The maximum Gasteiger partial charge on any atom is 0.282 e. The van der Waals surface area contributed by atoms with Crippen LogP contribution in [0.5, 0.6) is 0 Å². The third-order valence-corrected chi connectivity index (χ3v) is 4.69. The Morgan fingerprint density at radius 2 is 2.14 bits per heavy atom. The summed E-state index contributed by atoms with van der Waals surface area (Å²) in [6.45, 7) is 2.89. The van der Waals surface area contributed by atoms with Crippen molar-refractivity contribution in [2.75, 3.05) is 13.1 Å². The Bertz CT molecular complexity index is 601. The molecule has 1 aromatic carbocycles. The van der Waals surface area contributed by atoms with E-state index < -0.39 is 4.92 Å². The Labute approximate surface area is 122 Å². The molecule has 0 spiro atoms. The van der Waals surface area contributed by atoms with E-state index in [1.807, 2.05) is 6.92 Å². The number of nitrogens with zero attached hydrogens (tertiary/aromatic N) is 2. The summed E-state index contributed by atoms with van der Waals surface area (Å²) in [6, 6.07) is 4.59. The fourth-order valence-electron chi connectivity index (χ4n) is 3.55. The highest BCUT2D eigenvalue weighted by Crippen LogP contribution is 2.39. The van der Waals surface area contributed by atoms with Gasteiger partial charge < -0.3 is 10.0 Å². The third-order valence-electron chi connectivity index (χ3n) is 4.69. The number of nitro benzene ring substituents is 1. The number of aliphatic hydroxyl groups is 1. The molecule has 3 atom stereocenters. The van der Waals surface area contributed by atoms with Gasteiger partial charge in [0, 0.05) is 25.1 Å². The minimum Gasteiger partial charge on any atom is -0.393 e. The summed E-state index contributed by atoms with van der Waals surface area (Å²) in [6.07, 6.45) is 1.37. The average Bonchev–Trinajstić information content (AvgIpc) is 3.00. The first kappa shape index (κ1) is 14.0. The third kappa shape index (κ3) is 2.40. The van der Waals surface area contributed by atoms with Crippen LogP contribution in [0.1, 0.15) is 28.8 Å². The van der Waals surface area contributed by atoms with Crippen molar-refractivity contribution in [3.63, 3.8) is 0 Å². The van der Waals surface area contributed by atoms with Crippen molar-refractivity contribution in [3.8, 4) is 0 Å². The maximum absolute atomic E-state index is 12.6. The zero-order valence-electron chi connectivity index (χ0n) is 11.9. The summed E-state index contributed by atoms with van der Waals surface area (Å²) in [5, 5.41) is 21.0. The van der Waals surface area contributed by atoms with Crippen LogP contribution in [-0.2, 0) is 0 Å². The number of likely N-dealkylation sites (tertiary alicyclic amines) is 1. The number of aryl methyl sites for hydroxylation is 1. The standard InChI is InChI=1S/C15H18N2O4/c1-9-2-4-13(17(20)21)11(6-9)15(19)16-7-10-3-5-14(18)12(10)8-16/h2,4,6,10,12,14,18H,3,5,7-8H2,1H3. The molecule has 3 unspecified atom stereocenters. The second-order valence-corrected chi connectivity index (χ2v) is 6.06. The van der Waals surface area contributed by atoms with Gasteiger partial charge in [-0.2, -0.15) is 0 Å². The Morgan fingerprint density at radius 1 is 1.38 bits per heavy atom. The predicted molar refractivity (Wildman–Crippen MR) is 76.0 cm³/mol. The molecule has 21 heavy (non-hydrogen) atoms. The van der Waals surface area contributed by atoms with E-state index in [1.165, 1.54) is 6.07 Å². The summed E-state index contributed by atoms with van der Waals surface area (Å²) in [4.78, 5) is 24.8. The van der Waals surface area contributed by atoms with Crippen molar-refractivity contribution >= 4 is 11.6 Å². The van der Waals surface area contributed by atoms with Gasteiger partial charge >= 0.3 is 0 Å². The Kier molecular flexibility index (Phi) is 3.41. The van der Waals surface area contributed by atoms with Gasteiger partial charge in [0.1, 0.15) is 5.56 Å². The van der Waals surface area contributed by atoms with E-state index in [0.717, 1.165) is 18.4 Å². The van der Waals surface area contributed by atoms with Gasteiger partial charge in [0.15, 0.2) is 0 Å². The first-order valence-corrected chi connectivity index (χ1v) is 7.19. The number of fused-ring (bicyclic) bond motifs is 1. The van der Waals surface area contributed by atoms with Crippen LogP contribution < -0.4 is 0 Å². The van der Waals surface area contributed by atoms with Crippen molar-refractivity contribution in [1.82, 2.24) is 4.90 Å². The molecule has 1 saturated carbocycles. The number of amides is 1. The highest BCUT2D eigenvalue weighted by molar-refractivity contribution is 5.98. The zero-order chi connectivity index (χ0) is 15.1. The lowest BCUT2D eigenvalue weighted by atomic mass is 10.00. The van der Waals surface area contributed by atoms with Crippen molar-refractivity contribution in [2.24, 2.45) is 11.8 Å². The van der Waals surface area contributed by atoms with Crippen molar-refractivity contribution < 1.29 is 14.8 Å². The largest absolute Gasteiger partial charge is 0.393 e. The summed E-state index contributed by atoms with van der Waals surface area (Å²) in [5.41, 5.74) is 0.820. The molecule has 1 aliphatic heterocycles. The SMILES string of the molecule is Cc1ccc([N+](=O)[O-])c(C(=O)N2CC3CCC(O)C3C2)c1. The van der Waals surface area contributed by atoms with E-state index in [1.54, 1.807) is 17.0 Å². The number of carbonyl (C=O) groups excluding carboxylic acids is 1. The molecule has 1 amide bonds. The molecule has 1 heterocycles. The molecule has 0 bridgehead atoms. The minimum absolute atomic E-state index is 0.123. The quantitative estimate of drug-likeness (QED) is 0.664. The molecule has 3 rings (SSSR count). The number of aliphatic hydroxyl groups excluding tert-OH is 1. The van der Waals surface area contributed by atoms with Crippen LogP contribution in [0.25, 0.3) is 0 Å². The molecule has 2 fully saturated rings. The van der Waals surface area contributed by atoms with Crippen LogP contribution in [0, 0.1) is 28.9 Å². The molecule has 0 aromatic heterocycles. The van der Waals surface area contributed by atoms with E-state index >= 15 is 0 Å². The minimum atomic E-state index is -0.515. The highest BCUT2D eigenvalue weighted by Gasteiger charge is 2.44. The fraction of sp³-hybridized carbons (Fsp3) is 0.533. The van der Waals surface area contributed by atoms with E-state index in [9.17, 15) is 20.0 Å². The normalized spacial score (nSPS) is 27.7. The second kappa shape index (κ2) is 5.11. The van der Waals surface area contributed by atoms with Crippen molar-refractivity contribution in [1.29, 1.82) is 0 Å². The van der Waals surface area contributed by atoms with Gasteiger partial charge in [-0.25, -0.2) is 0 Å². The molecular formula is C15H18N2O4. The molecular weight excluding hydrogens is 272 g/mol. The predicted octanol–water partition coefficient (Wildman–Crippen LogP) is 1.75. The molecule has 2 aliphatic rings. The van der Waals surface area contributed by atoms with Crippen LogP contribution in [0.15, 0.2) is 18.2 Å². The van der Waals surface area contributed by atoms with Gasteiger partial charge in [-0.1, -0.05) is 6.07 Å². The highest BCUT2D eigenvalue weighted by atomic mass is 16.6. The molecule has 6 nitrogen and oxygen atoms in total. The molecule has 112 valence electrons. The molecule has 0 radical (unpaired) electrons. The number of rotatable bonds is 2. The molecule has 6 heteroatoms. The lowest BCUT2D eigenvalue weighted by Crippen LogP contribution is -2.31. The van der Waals surface area contributed by atoms with Crippen molar-refractivity contribution in [2.45, 2.75) is 25.9 Å². The Morgan fingerprint density at radius 3 is 2.81 bits per heavy atom. The average molecular weight is 290 g/mol. The second-order valence-electron chi connectivity index (χ2n) is 6.06. The van der Waals surface area contributed by atoms with Gasteiger partial charge in [-0.05, 0) is 37.3 Å². The number of carbonyl (C=O) groups is 1. The summed E-state index contributed by atoms with van der Waals surface area (Å²) >= 11 is 0. The molecule has 1 aliphatic carbocycles.